The van der Waals surface area contributed by atoms with Gasteiger partial charge in [0.2, 0.25) is 0 Å². The molecule has 1 atom stereocenters. The molecule has 0 spiro atoms. The Balaban J connectivity index is 2.49. The monoisotopic (exact) mass is 235 g/mol. The van der Waals surface area contributed by atoms with Crippen LogP contribution in [-0.2, 0) is 5.54 Å². The Labute approximate surface area is 103 Å². The molecule has 1 aromatic carbocycles. The van der Waals surface area contributed by atoms with Crippen LogP contribution >= 0.6 is 0 Å². The van der Waals surface area contributed by atoms with Gasteiger partial charge in [0.25, 0.3) is 0 Å². The summed E-state index contributed by atoms with van der Waals surface area (Å²) in [5.74, 6) is -0.177. The minimum atomic E-state index is -0.316. The molecule has 1 nitrogen and oxygen atoms in total. The van der Waals surface area contributed by atoms with Gasteiger partial charge in [0, 0.05) is 5.54 Å². The summed E-state index contributed by atoms with van der Waals surface area (Å²) in [6, 6.07) is 4.99. The highest BCUT2D eigenvalue weighted by Gasteiger charge is 2.45. The van der Waals surface area contributed by atoms with Crippen LogP contribution < -0.4 is 5.73 Å². The number of halogens is 1. The molecule has 0 heterocycles. The second-order valence-corrected chi connectivity index (χ2v) is 6.02. The van der Waals surface area contributed by atoms with Crippen LogP contribution in [0.2, 0.25) is 0 Å². The maximum Gasteiger partial charge on any atom is 0.123 e. The molecule has 94 valence electrons. The molecule has 2 N–H and O–H groups in total. The van der Waals surface area contributed by atoms with Crippen LogP contribution in [-0.4, -0.2) is 0 Å². The Morgan fingerprint density at radius 2 is 1.82 bits per heavy atom. The summed E-state index contributed by atoms with van der Waals surface area (Å²) in [5.41, 5.74) is 8.54. The highest BCUT2D eigenvalue weighted by atomic mass is 19.1. The number of hydrogen-bond acceptors (Lipinski definition) is 1. The summed E-state index contributed by atoms with van der Waals surface area (Å²) in [6.45, 7) is 6.42. The van der Waals surface area contributed by atoms with Crippen molar-refractivity contribution in [3.63, 3.8) is 0 Å². The molecular formula is C15H22FN. The average molecular weight is 235 g/mol. The molecule has 2 rings (SSSR count). The third kappa shape index (κ3) is 1.99. The average Bonchev–Trinajstić information content (AvgIpc) is 2.22. The Hall–Kier alpha value is -0.890. The van der Waals surface area contributed by atoms with Crippen molar-refractivity contribution in [1.82, 2.24) is 0 Å². The zero-order valence-corrected chi connectivity index (χ0v) is 11.0. The summed E-state index contributed by atoms with van der Waals surface area (Å²) < 4.78 is 13.2. The van der Waals surface area contributed by atoms with Crippen molar-refractivity contribution < 1.29 is 4.39 Å². The van der Waals surface area contributed by atoms with Crippen molar-refractivity contribution in [3.8, 4) is 0 Å². The van der Waals surface area contributed by atoms with Gasteiger partial charge in [-0.15, -0.1) is 0 Å². The summed E-state index contributed by atoms with van der Waals surface area (Å²) in [6.07, 6.45) is 4.54. The van der Waals surface area contributed by atoms with Crippen molar-refractivity contribution in [2.24, 2.45) is 11.1 Å². The normalized spacial score (nSPS) is 28.1. The van der Waals surface area contributed by atoms with Crippen LogP contribution in [0.3, 0.4) is 0 Å². The molecule has 0 aromatic heterocycles. The molecule has 0 bridgehead atoms. The molecule has 1 saturated carbocycles. The lowest BCUT2D eigenvalue weighted by Gasteiger charge is -2.49. The molecule has 17 heavy (non-hydrogen) atoms. The lowest BCUT2D eigenvalue weighted by Crippen LogP contribution is -2.52. The molecule has 1 aliphatic rings. The molecule has 0 radical (unpaired) electrons. The highest BCUT2D eigenvalue weighted by molar-refractivity contribution is 5.35. The fourth-order valence-electron chi connectivity index (χ4n) is 3.16. The van der Waals surface area contributed by atoms with Crippen molar-refractivity contribution in [2.45, 2.75) is 52.0 Å². The lowest BCUT2D eigenvalue weighted by molar-refractivity contribution is 0.0972. The number of aryl methyl sites for hydroxylation is 1. The Bertz CT molecular complexity index is 425. The highest BCUT2D eigenvalue weighted by Crippen LogP contribution is 2.49. The van der Waals surface area contributed by atoms with E-state index < -0.39 is 0 Å². The van der Waals surface area contributed by atoms with Gasteiger partial charge in [0.15, 0.2) is 0 Å². The second kappa shape index (κ2) is 4.09. The van der Waals surface area contributed by atoms with Gasteiger partial charge in [-0.1, -0.05) is 32.8 Å². The molecular weight excluding hydrogens is 213 g/mol. The first-order chi connectivity index (χ1) is 7.87. The molecule has 1 fully saturated rings. The first kappa shape index (κ1) is 12.6. The number of rotatable bonds is 1. The van der Waals surface area contributed by atoms with Crippen LogP contribution in [0.5, 0.6) is 0 Å². The van der Waals surface area contributed by atoms with Gasteiger partial charge in [-0.3, -0.25) is 0 Å². The SMILES string of the molecule is Cc1cc(F)ccc1C1(N)CCCCC1(C)C. The summed E-state index contributed by atoms with van der Waals surface area (Å²) in [4.78, 5) is 0. The summed E-state index contributed by atoms with van der Waals surface area (Å²) >= 11 is 0. The molecule has 0 amide bonds. The predicted molar refractivity (Wildman–Crippen MR) is 69.3 cm³/mol. The van der Waals surface area contributed by atoms with Gasteiger partial charge in [0.05, 0.1) is 0 Å². The number of hydrogen-bond donors (Lipinski definition) is 1. The van der Waals surface area contributed by atoms with E-state index in [1.807, 2.05) is 13.0 Å². The molecule has 1 aromatic rings. The van der Waals surface area contributed by atoms with Crippen LogP contribution in [0.1, 0.15) is 50.7 Å². The second-order valence-electron chi connectivity index (χ2n) is 6.02. The minimum absolute atomic E-state index is 0.0772. The number of nitrogens with two attached hydrogens (primary N) is 1. The maximum atomic E-state index is 13.2. The van der Waals surface area contributed by atoms with Crippen molar-refractivity contribution >= 4 is 0 Å². The van der Waals surface area contributed by atoms with Crippen LogP contribution in [0.25, 0.3) is 0 Å². The summed E-state index contributed by atoms with van der Waals surface area (Å²) in [5, 5.41) is 0. The van der Waals surface area contributed by atoms with Gasteiger partial charge < -0.3 is 5.73 Å². The van der Waals surface area contributed by atoms with E-state index in [0.29, 0.717) is 0 Å². The fourth-order valence-corrected chi connectivity index (χ4v) is 3.16. The maximum absolute atomic E-state index is 13.2. The smallest absolute Gasteiger partial charge is 0.123 e. The molecule has 0 aliphatic heterocycles. The first-order valence-corrected chi connectivity index (χ1v) is 6.42. The Morgan fingerprint density at radius 3 is 2.41 bits per heavy atom. The van der Waals surface area contributed by atoms with E-state index in [0.717, 1.165) is 30.4 Å². The van der Waals surface area contributed by atoms with Gasteiger partial charge in [0.1, 0.15) is 5.82 Å². The fraction of sp³-hybridized carbons (Fsp3) is 0.600. The van der Waals surface area contributed by atoms with Crippen molar-refractivity contribution in [2.75, 3.05) is 0 Å². The summed E-state index contributed by atoms with van der Waals surface area (Å²) in [7, 11) is 0. The van der Waals surface area contributed by atoms with Crippen LogP contribution in [0.15, 0.2) is 18.2 Å². The standard InChI is InChI=1S/C15H22FN/c1-11-10-12(16)6-7-13(11)15(17)9-5-4-8-14(15,2)3/h6-7,10H,4-5,8-9,17H2,1-3H3. The molecule has 1 unspecified atom stereocenters. The van der Waals surface area contributed by atoms with Crippen molar-refractivity contribution in [1.29, 1.82) is 0 Å². The molecule has 0 saturated heterocycles. The number of benzene rings is 1. The van der Waals surface area contributed by atoms with E-state index in [1.54, 1.807) is 6.07 Å². The Kier molecular flexibility index (Phi) is 3.03. The van der Waals surface area contributed by atoms with E-state index in [1.165, 1.54) is 12.5 Å². The van der Waals surface area contributed by atoms with E-state index in [2.05, 4.69) is 13.8 Å². The van der Waals surface area contributed by atoms with Crippen LogP contribution in [0.4, 0.5) is 4.39 Å². The van der Waals surface area contributed by atoms with E-state index >= 15 is 0 Å². The van der Waals surface area contributed by atoms with Crippen molar-refractivity contribution in [3.05, 3.63) is 35.1 Å². The third-order valence-corrected chi connectivity index (χ3v) is 4.50. The van der Waals surface area contributed by atoms with Crippen LogP contribution in [0, 0.1) is 18.2 Å². The zero-order chi connectivity index (χ0) is 12.7. The first-order valence-electron chi connectivity index (χ1n) is 6.42. The van der Waals surface area contributed by atoms with E-state index in [9.17, 15) is 4.39 Å². The molecule has 2 heteroatoms. The third-order valence-electron chi connectivity index (χ3n) is 4.50. The van der Waals surface area contributed by atoms with E-state index in [-0.39, 0.29) is 16.8 Å². The topological polar surface area (TPSA) is 26.0 Å². The van der Waals surface area contributed by atoms with Gasteiger partial charge in [-0.2, -0.15) is 0 Å². The Morgan fingerprint density at radius 1 is 1.18 bits per heavy atom. The lowest BCUT2D eigenvalue weighted by atomic mass is 9.60. The predicted octanol–water partition coefficient (Wildman–Crippen LogP) is 3.89. The van der Waals surface area contributed by atoms with E-state index in [4.69, 9.17) is 5.73 Å². The molecule has 1 aliphatic carbocycles. The zero-order valence-electron chi connectivity index (χ0n) is 11.0. The largest absolute Gasteiger partial charge is 0.321 e. The minimum Gasteiger partial charge on any atom is -0.321 e. The van der Waals surface area contributed by atoms with Gasteiger partial charge in [-0.25, -0.2) is 4.39 Å². The van der Waals surface area contributed by atoms with Gasteiger partial charge in [-0.05, 0) is 48.4 Å². The quantitative estimate of drug-likeness (QED) is 0.785. The van der Waals surface area contributed by atoms with Gasteiger partial charge >= 0.3 is 0 Å².